The smallest absolute Gasteiger partial charge is 0.191 e. The van der Waals surface area contributed by atoms with Crippen LogP contribution < -0.4 is 15.4 Å². The Morgan fingerprint density at radius 2 is 2.00 bits per heavy atom. The van der Waals surface area contributed by atoms with E-state index in [4.69, 9.17) is 4.74 Å². The lowest BCUT2D eigenvalue weighted by molar-refractivity contribution is 0.214. The summed E-state index contributed by atoms with van der Waals surface area (Å²) in [6.07, 6.45) is 3.00. The van der Waals surface area contributed by atoms with Crippen molar-refractivity contribution in [2.75, 3.05) is 13.1 Å². The number of hydrogen-bond donors (Lipinski definition) is 2. The number of nitrogens with one attached hydrogen (secondary N) is 2. The van der Waals surface area contributed by atoms with E-state index in [0.717, 1.165) is 17.7 Å². The Balaban J connectivity index is 1.55. The first-order valence-corrected chi connectivity index (χ1v) is 9.97. The summed E-state index contributed by atoms with van der Waals surface area (Å²) in [5, 5.41) is 10.6. The number of ether oxygens (including phenoxy) is 1. The number of rotatable bonds is 9. The molecule has 0 fully saturated rings. The maximum absolute atomic E-state index is 13.7. The van der Waals surface area contributed by atoms with Gasteiger partial charge in [0.1, 0.15) is 18.8 Å². The zero-order valence-corrected chi connectivity index (χ0v) is 17.3. The molecule has 0 aliphatic rings. The highest BCUT2D eigenvalue weighted by molar-refractivity contribution is 5.79. The van der Waals surface area contributed by atoms with Gasteiger partial charge in [0.05, 0.1) is 19.6 Å². The Morgan fingerprint density at radius 1 is 1.17 bits per heavy atom. The second kappa shape index (κ2) is 10.9. The fraction of sp³-hybridized carbons (Fsp3) is 0.318. The van der Waals surface area contributed by atoms with Gasteiger partial charge in [-0.25, -0.2) is 19.0 Å². The van der Waals surface area contributed by atoms with E-state index in [-0.39, 0.29) is 17.7 Å². The second-order valence-corrected chi connectivity index (χ2v) is 6.85. The van der Waals surface area contributed by atoms with Crippen molar-refractivity contribution in [3.63, 3.8) is 0 Å². The minimum Gasteiger partial charge on any atom is -0.486 e. The van der Waals surface area contributed by atoms with Crippen LogP contribution in [0.5, 0.6) is 5.75 Å². The molecule has 3 rings (SSSR count). The summed E-state index contributed by atoms with van der Waals surface area (Å²) >= 11 is 0. The Kier molecular flexibility index (Phi) is 7.77. The third kappa shape index (κ3) is 6.58. The molecule has 7 nitrogen and oxygen atoms in total. The first-order valence-electron chi connectivity index (χ1n) is 9.97. The molecule has 30 heavy (non-hydrogen) atoms. The maximum Gasteiger partial charge on any atom is 0.191 e. The maximum atomic E-state index is 13.7. The van der Waals surface area contributed by atoms with Crippen molar-refractivity contribution in [3.05, 3.63) is 78.1 Å². The van der Waals surface area contributed by atoms with E-state index in [9.17, 15) is 4.39 Å². The van der Waals surface area contributed by atoms with Crippen LogP contribution in [-0.4, -0.2) is 39.9 Å². The van der Waals surface area contributed by atoms with Gasteiger partial charge < -0.3 is 15.4 Å². The Labute approximate surface area is 176 Å². The molecule has 0 saturated heterocycles. The average Bonchev–Trinajstić information content (AvgIpc) is 3.25. The second-order valence-electron chi connectivity index (χ2n) is 6.85. The Bertz CT molecular complexity index is 944. The van der Waals surface area contributed by atoms with Crippen molar-refractivity contribution in [2.45, 2.75) is 33.0 Å². The molecule has 0 saturated carbocycles. The highest BCUT2D eigenvalue weighted by Crippen LogP contribution is 2.16. The molecular weight excluding hydrogens is 383 g/mol. The van der Waals surface area contributed by atoms with Gasteiger partial charge in [-0.15, -0.1) is 0 Å². The van der Waals surface area contributed by atoms with Crippen LogP contribution in [0, 0.1) is 5.82 Å². The quantitative estimate of drug-likeness (QED) is 0.419. The predicted octanol–water partition coefficient (Wildman–Crippen LogP) is 2.99. The van der Waals surface area contributed by atoms with Gasteiger partial charge in [-0.05, 0) is 37.1 Å². The normalized spacial score (nSPS) is 12.4. The first-order chi connectivity index (χ1) is 14.6. The Morgan fingerprint density at radius 3 is 2.77 bits per heavy atom. The molecule has 1 unspecified atom stereocenters. The predicted molar refractivity (Wildman–Crippen MR) is 115 cm³/mol. The average molecular weight is 410 g/mol. The largest absolute Gasteiger partial charge is 0.486 e. The summed E-state index contributed by atoms with van der Waals surface area (Å²) < 4.78 is 21.2. The van der Waals surface area contributed by atoms with Gasteiger partial charge in [-0.1, -0.05) is 36.4 Å². The summed E-state index contributed by atoms with van der Waals surface area (Å²) in [7, 11) is 0. The van der Waals surface area contributed by atoms with Crippen molar-refractivity contribution in [2.24, 2.45) is 4.99 Å². The van der Waals surface area contributed by atoms with Crippen LogP contribution in [0.1, 0.15) is 25.0 Å². The van der Waals surface area contributed by atoms with Crippen molar-refractivity contribution in [1.29, 1.82) is 0 Å². The van der Waals surface area contributed by atoms with Crippen LogP contribution in [0.25, 0.3) is 0 Å². The summed E-state index contributed by atoms with van der Waals surface area (Å²) in [5.74, 6) is 0.566. The standard InChI is InChI=1S/C22H27FN6O/c1-3-25-22(26-12-17(2)30-21-10-5-4-9-20(21)23)27-13-18-7-6-8-19(11-18)14-29-16-24-15-28-29/h4-11,15-17H,3,12-14H2,1-2H3,(H2,25,26,27). The van der Waals surface area contributed by atoms with Crippen LogP contribution in [0.4, 0.5) is 4.39 Å². The van der Waals surface area contributed by atoms with E-state index in [1.807, 2.05) is 26.0 Å². The number of para-hydroxylation sites is 1. The molecule has 2 aromatic carbocycles. The summed E-state index contributed by atoms with van der Waals surface area (Å²) in [4.78, 5) is 8.62. The molecule has 0 amide bonds. The molecule has 0 spiro atoms. The highest BCUT2D eigenvalue weighted by Gasteiger charge is 2.09. The number of aliphatic imine (C=N–C) groups is 1. The molecule has 8 heteroatoms. The van der Waals surface area contributed by atoms with Crippen LogP contribution in [0.15, 0.2) is 66.2 Å². The van der Waals surface area contributed by atoms with Gasteiger partial charge in [0.15, 0.2) is 17.5 Å². The van der Waals surface area contributed by atoms with E-state index in [1.165, 1.54) is 12.4 Å². The van der Waals surface area contributed by atoms with Crippen LogP contribution in [0.2, 0.25) is 0 Å². The zero-order chi connectivity index (χ0) is 21.2. The lowest BCUT2D eigenvalue weighted by atomic mass is 10.1. The molecule has 0 aliphatic carbocycles. The monoisotopic (exact) mass is 410 g/mol. The topological polar surface area (TPSA) is 76.4 Å². The van der Waals surface area contributed by atoms with Crippen molar-refractivity contribution in [1.82, 2.24) is 25.4 Å². The van der Waals surface area contributed by atoms with Crippen molar-refractivity contribution >= 4 is 5.96 Å². The number of benzene rings is 2. The van der Waals surface area contributed by atoms with Gasteiger partial charge in [0.2, 0.25) is 0 Å². The van der Waals surface area contributed by atoms with Crippen LogP contribution in [0.3, 0.4) is 0 Å². The molecule has 0 aliphatic heterocycles. The van der Waals surface area contributed by atoms with E-state index in [2.05, 4.69) is 37.8 Å². The number of hydrogen-bond acceptors (Lipinski definition) is 4. The van der Waals surface area contributed by atoms with E-state index in [1.54, 1.807) is 29.2 Å². The number of guanidine groups is 1. The van der Waals surface area contributed by atoms with E-state index in [0.29, 0.717) is 25.6 Å². The minimum atomic E-state index is -0.365. The highest BCUT2D eigenvalue weighted by atomic mass is 19.1. The lowest BCUT2D eigenvalue weighted by Gasteiger charge is -2.18. The SMILES string of the molecule is CCNC(=NCc1cccc(Cn2cncn2)c1)NCC(C)Oc1ccccc1F. The molecule has 1 aromatic heterocycles. The summed E-state index contributed by atoms with van der Waals surface area (Å²) in [6, 6.07) is 14.6. The van der Waals surface area contributed by atoms with Crippen molar-refractivity contribution < 1.29 is 9.13 Å². The fourth-order valence-electron chi connectivity index (χ4n) is 2.88. The fourth-order valence-corrected chi connectivity index (χ4v) is 2.88. The van der Waals surface area contributed by atoms with E-state index >= 15 is 0 Å². The van der Waals surface area contributed by atoms with Crippen LogP contribution >= 0.6 is 0 Å². The molecule has 0 radical (unpaired) electrons. The van der Waals surface area contributed by atoms with Gasteiger partial charge in [-0.2, -0.15) is 5.10 Å². The minimum absolute atomic E-state index is 0.225. The molecule has 1 heterocycles. The molecule has 3 aromatic rings. The van der Waals surface area contributed by atoms with Gasteiger partial charge in [-0.3, -0.25) is 0 Å². The lowest BCUT2D eigenvalue weighted by Crippen LogP contribution is -2.41. The van der Waals surface area contributed by atoms with Gasteiger partial charge >= 0.3 is 0 Å². The van der Waals surface area contributed by atoms with E-state index < -0.39 is 0 Å². The summed E-state index contributed by atoms with van der Waals surface area (Å²) in [6.45, 7) is 6.32. The molecule has 158 valence electrons. The zero-order valence-electron chi connectivity index (χ0n) is 17.3. The molecule has 1 atom stereocenters. The van der Waals surface area contributed by atoms with Crippen molar-refractivity contribution in [3.8, 4) is 5.75 Å². The third-order valence-electron chi connectivity index (χ3n) is 4.29. The summed E-state index contributed by atoms with van der Waals surface area (Å²) in [5.41, 5.74) is 2.23. The number of nitrogens with zero attached hydrogens (tertiary/aromatic N) is 4. The third-order valence-corrected chi connectivity index (χ3v) is 4.29. The molecule has 2 N–H and O–H groups in total. The molecular formula is C22H27FN6O. The van der Waals surface area contributed by atoms with Crippen LogP contribution in [-0.2, 0) is 13.1 Å². The molecule has 0 bridgehead atoms. The Hall–Kier alpha value is -3.42. The number of halogens is 1. The first kappa shape index (κ1) is 21.3. The number of aromatic nitrogens is 3. The van der Waals surface area contributed by atoms with Gasteiger partial charge in [0.25, 0.3) is 0 Å². The van der Waals surface area contributed by atoms with Gasteiger partial charge in [0, 0.05) is 6.54 Å².